The van der Waals surface area contributed by atoms with Crippen molar-refractivity contribution in [2.24, 2.45) is 10.7 Å². The van der Waals surface area contributed by atoms with Gasteiger partial charge in [-0.05, 0) is 11.6 Å². The molecule has 0 aromatic heterocycles. The summed E-state index contributed by atoms with van der Waals surface area (Å²) in [6.45, 7) is 0. The fourth-order valence-electron chi connectivity index (χ4n) is 1.05. The first-order valence-corrected chi connectivity index (χ1v) is 4.83. The molecular formula is C13H10N4. The van der Waals surface area contributed by atoms with Crippen molar-refractivity contribution in [2.75, 3.05) is 0 Å². The van der Waals surface area contributed by atoms with Crippen molar-refractivity contribution < 1.29 is 0 Å². The number of allylic oxidation sites excluding steroid dienone is 3. The molecule has 2 N–H and O–H groups in total. The number of nitrogens with two attached hydrogens (primary N) is 1. The molecule has 0 bridgehead atoms. The van der Waals surface area contributed by atoms with Gasteiger partial charge in [-0.3, -0.25) is 0 Å². The lowest BCUT2D eigenvalue weighted by Gasteiger charge is -1.89. The maximum absolute atomic E-state index is 8.67. The van der Waals surface area contributed by atoms with Gasteiger partial charge >= 0.3 is 0 Å². The van der Waals surface area contributed by atoms with E-state index in [2.05, 4.69) is 4.99 Å². The summed E-state index contributed by atoms with van der Waals surface area (Å²) in [7, 11) is 0. The first-order chi connectivity index (χ1) is 8.27. The molecule has 1 aromatic rings. The Bertz CT molecular complexity index is 539. The number of hydrogen-bond donors (Lipinski definition) is 1. The highest BCUT2D eigenvalue weighted by molar-refractivity contribution is 5.79. The van der Waals surface area contributed by atoms with Crippen LogP contribution in [0, 0.1) is 22.7 Å². The zero-order chi connectivity index (χ0) is 12.5. The Labute approximate surface area is 99.6 Å². The molecule has 0 aliphatic carbocycles. The van der Waals surface area contributed by atoms with Gasteiger partial charge in [-0.2, -0.15) is 10.5 Å². The van der Waals surface area contributed by atoms with Gasteiger partial charge in [0, 0.05) is 6.21 Å². The minimum absolute atomic E-state index is 0.0785. The monoisotopic (exact) mass is 222 g/mol. The molecular weight excluding hydrogens is 212 g/mol. The van der Waals surface area contributed by atoms with Gasteiger partial charge in [-0.25, -0.2) is 4.99 Å². The van der Waals surface area contributed by atoms with Crippen LogP contribution in [0.25, 0.3) is 6.08 Å². The van der Waals surface area contributed by atoms with Crippen LogP contribution < -0.4 is 5.73 Å². The highest BCUT2D eigenvalue weighted by Crippen LogP contribution is 2.01. The van der Waals surface area contributed by atoms with Gasteiger partial charge in [0.15, 0.2) is 5.70 Å². The third kappa shape index (κ3) is 4.03. The quantitative estimate of drug-likeness (QED) is 0.626. The standard InChI is InChI=1S/C13H10N4/c14-9-12(16)13(10-15)17-8-4-7-11-5-2-1-3-6-11/h1-8H,16H2/b7-4+,13-12-,17-8+. The van der Waals surface area contributed by atoms with Gasteiger partial charge in [-0.1, -0.05) is 36.4 Å². The van der Waals surface area contributed by atoms with Crippen LogP contribution in [0.1, 0.15) is 5.56 Å². The Hall–Kier alpha value is -2.85. The minimum atomic E-state index is -0.183. The number of rotatable bonds is 3. The number of nitrogens with zero attached hydrogens (tertiary/aromatic N) is 3. The highest BCUT2D eigenvalue weighted by Gasteiger charge is 1.96. The fraction of sp³-hybridized carbons (Fsp3) is 0. The predicted octanol–water partition coefficient (Wildman–Crippen LogP) is 1.99. The molecule has 0 radical (unpaired) electrons. The van der Waals surface area contributed by atoms with Crippen LogP contribution in [0.2, 0.25) is 0 Å². The molecule has 0 aliphatic rings. The van der Waals surface area contributed by atoms with Gasteiger partial charge in [0.2, 0.25) is 0 Å². The molecule has 4 heteroatoms. The molecule has 4 nitrogen and oxygen atoms in total. The Morgan fingerprint density at radius 3 is 2.47 bits per heavy atom. The van der Waals surface area contributed by atoms with E-state index in [1.54, 1.807) is 18.2 Å². The van der Waals surface area contributed by atoms with Crippen LogP contribution in [0.3, 0.4) is 0 Å². The van der Waals surface area contributed by atoms with Crippen molar-refractivity contribution >= 4 is 12.3 Å². The molecule has 0 saturated heterocycles. The lowest BCUT2D eigenvalue weighted by molar-refractivity contribution is 1.27. The summed E-state index contributed by atoms with van der Waals surface area (Å²) in [5.41, 5.74) is 6.04. The summed E-state index contributed by atoms with van der Waals surface area (Å²) >= 11 is 0. The molecule has 0 aliphatic heterocycles. The second-order valence-electron chi connectivity index (χ2n) is 3.03. The molecule has 0 spiro atoms. The lowest BCUT2D eigenvalue weighted by atomic mass is 10.2. The van der Waals surface area contributed by atoms with Crippen molar-refractivity contribution in [1.29, 1.82) is 10.5 Å². The van der Waals surface area contributed by atoms with Crippen molar-refractivity contribution in [3.05, 3.63) is 53.4 Å². The van der Waals surface area contributed by atoms with Crippen LogP contribution in [0.4, 0.5) is 0 Å². The van der Waals surface area contributed by atoms with Gasteiger partial charge in [0.1, 0.15) is 17.8 Å². The third-order valence-electron chi connectivity index (χ3n) is 1.86. The average Bonchev–Trinajstić information content (AvgIpc) is 2.39. The molecule has 1 aromatic carbocycles. The number of benzene rings is 1. The Balaban J connectivity index is 2.73. The first kappa shape index (κ1) is 12.2. The van der Waals surface area contributed by atoms with E-state index in [4.69, 9.17) is 16.3 Å². The van der Waals surface area contributed by atoms with E-state index in [1.807, 2.05) is 36.4 Å². The summed E-state index contributed by atoms with van der Waals surface area (Å²) in [5.74, 6) is 0. The molecule has 0 amide bonds. The summed E-state index contributed by atoms with van der Waals surface area (Å²) < 4.78 is 0. The van der Waals surface area contributed by atoms with E-state index in [-0.39, 0.29) is 11.4 Å². The van der Waals surface area contributed by atoms with E-state index in [1.165, 1.54) is 6.21 Å². The summed E-state index contributed by atoms with van der Waals surface area (Å²) in [6, 6.07) is 13.1. The van der Waals surface area contributed by atoms with Crippen molar-refractivity contribution in [3.8, 4) is 12.1 Å². The van der Waals surface area contributed by atoms with Crippen molar-refractivity contribution in [1.82, 2.24) is 0 Å². The molecule has 82 valence electrons. The van der Waals surface area contributed by atoms with Crippen LogP contribution in [0.5, 0.6) is 0 Å². The van der Waals surface area contributed by atoms with Crippen LogP contribution in [-0.4, -0.2) is 6.21 Å². The number of aliphatic imine (C=N–C) groups is 1. The van der Waals surface area contributed by atoms with Crippen LogP contribution in [0.15, 0.2) is 52.8 Å². The normalized spacial score (nSPS) is 12.1. The summed E-state index contributed by atoms with van der Waals surface area (Å²) in [5, 5.41) is 17.2. The maximum Gasteiger partial charge on any atom is 0.174 e. The van der Waals surface area contributed by atoms with E-state index >= 15 is 0 Å². The Morgan fingerprint density at radius 2 is 1.88 bits per heavy atom. The maximum atomic E-state index is 8.67. The molecule has 0 saturated carbocycles. The van der Waals surface area contributed by atoms with E-state index in [9.17, 15) is 0 Å². The highest BCUT2D eigenvalue weighted by atomic mass is 14.8. The minimum Gasteiger partial charge on any atom is -0.388 e. The van der Waals surface area contributed by atoms with Crippen LogP contribution >= 0.6 is 0 Å². The zero-order valence-electron chi connectivity index (χ0n) is 9.04. The molecule has 0 atom stereocenters. The topological polar surface area (TPSA) is 86.0 Å². The van der Waals surface area contributed by atoms with E-state index in [0.29, 0.717) is 0 Å². The lowest BCUT2D eigenvalue weighted by Crippen LogP contribution is -1.97. The third-order valence-corrected chi connectivity index (χ3v) is 1.86. The molecule has 1 rings (SSSR count). The summed E-state index contributed by atoms with van der Waals surface area (Å²) in [4.78, 5) is 3.79. The number of hydrogen-bond acceptors (Lipinski definition) is 4. The molecule has 0 heterocycles. The van der Waals surface area contributed by atoms with E-state index < -0.39 is 0 Å². The fourth-order valence-corrected chi connectivity index (χ4v) is 1.05. The van der Waals surface area contributed by atoms with Gasteiger partial charge in [-0.15, -0.1) is 0 Å². The van der Waals surface area contributed by atoms with Crippen molar-refractivity contribution in [3.63, 3.8) is 0 Å². The second kappa shape index (κ2) is 6.60. The smallest absolute Gasteiger partial charge is 0.174 e. The SMILES string of the molecule is N#C/C(N)=C(C#N)/N=C/C=C/c1ccccc1. The average molecular weight is 222 g/mol. The van der Waals surface area contributed by atoms with E-state index in [0.717, 1.165) is 5.56 Å². The van der Waals surface area contributed by atoms with Gasteiger partial charge in [0.25, 0.3) is 0 Å². The Morgan fingerprint density at radius 1 is 1.18 bits per heavy atom. The summed E-state index contributed by atoms with van der Waals surface area (Å²) in [6.07, 6.45) is 4.94. The molecule has 0 fully saturated rings. The number of nitriles is 2. The van der Waals surface area contributed by atoms with Gasteiger partial charge < -0.3 is 5.73 Å². The molecule has 0 unspecified atom stereocenters. The van der Waals surface area contributed by atoms with Gasteiger partial charge in [0.05, 0.1) is 0 Å². The largest absolute Gasteiger partial charge is 0.388 e. The van der Waals surface area contributed by atoms with Crippen molar-refractivity contribution in [2.45, 2.75) is 0 Å². The second-order valence-corrected chi connectivity index (χ2v) is 3.03. The first-order valence-electron chi connectivity index (χ1n) is 4.83. The molecule has 17 heavy (non-hydrogen) atoms. The zero-order valence-corrected chi connectivity index (χ0v) is 9.04. The Kier molecular flexibility index (Phi) is 4.74. The van der Waals surface area contributed by atoms with Crippen LogP contribution in [-0.2, 0) is 0 Å². The predicted molar refractivity (Wildman–Crippen MR) is 66.4 cm³/mol.